The highest BCUT2D eigenvalue weighted by atomic mass is 14.2. The fraction of sp³-hybridized carbons (Fsp3) is 0.750. The van der Waals surface area contributed by atoms with Gasteiger partial charge in [-0.15, -0.1) is 0 Å². The molecule has 0 aromatic carbocycles. The van der Waals surface area contributed by atoms with Crippen molar-refractivity contribution < 1.29 is 0 Å². The molecule has 0 amide bonds. The summed E-state index contributed by atoms with van der Waals surface area (Å²) in [6.45, 7) is 4.54. The Hall–Kier alpha value is -0.260. The first-order chi connectivity index (χ1) is 3.83. The molecular formula is C8H14. The highest BCUT2D eigenvalue weighted by Crippen LogP contribution is 2.24. The second-order valence-corrected chi connectivity index (χ2v) is 2.77. The van der Waals surface area contributed by atoms with Gasteiger partial charge in [-0.2, -0.15) is 0 Å². The molecule has 0 aliphatic heterocycles. The Labute approximate surface area is 51.6 Å². The van der Waals surface area contributed by atoms with Crippen molar-refractivity contribution in [2.24, 2.45) is 11.8 Å². The normalized spacial score (nSPS) is 36.2. The third-order valence-corrected chi connectivity index (χ3v) is 1.91. The van der Waals surface area contributed by atoms with E-state index in [4.69, 9.17) is 0 Å². The third kappa shape index (κ3) is 1.12. The van der Waals surface area contributed by atoms with E-state index in [9.17, 15) is 0 Å². The minimum atomic E-state index is 0.847. The van der Waals surface area contributed by atoms with E-state index in [0.717, 1.165) is 11.8 Å². The predicted octanol–water partition coefficient (Wildman–Crippen LogP) is 2.61. The molecule has 1 rings (SSSR count). The van der Waals surface area contributed by atoms with E-state index in [2.05, 4.69) is 26.0 Å². The highest BCUT2D eigenvalue weighted by Gasteiger charge is 2.11. The maximum Gasteiger partial charge on any atom is -0.0231 e. The van der Waals surface area contributed by atoms with Crippen LogP contribution in [0.2, 0.25) is 0 Å². The van der Waals surface area contributed by atoms with E-state index in [1.165, 1.54) is 12.8 Å². The van der Waals surface area contributed by atoms with Gasteiger partial charge < -0.3 is 0 Å². The molecule has 46 valence electrons. The van der Waals surface area contributed by atoms with Gasteiger partial charge in [0, 0.05) is 0 Å². The van der Waals surface area contributed by atoms with Crippen LogP contribution in [0, 0.1) is 11.8 Å². The molecule has 0 bridgehead atoms. The molecule has 0 N–H and O–H groups in total. The van der Waals surface area contributed by atoms with E-state index >= 15 is 0 Å². The summed E-state index contributed by atoms with van der Waals surface area (Å²) in [7, 11) is 0. The molecule has 0 aromatic heterocycles. The van der Waals surface area contributed by atoms with Crippen molar-refractivity contribution in [2.45, 2.75) is 26.7 Å². The van der Waals surface area contributed by atoms with Crippen molar-refractivity contribution in [3.8, 4) is 0 Å². The minimum Gasteiger partial charge on any atom is -0.0854 e. The van der Waals surface area contributed by atoms with Crippen LogP contribution in [0.25, 0.3) is 0 Å². The number of hydrogen-bond donors (Lipinski definition) is 0. The van der Waals surface area contributed by atoms with Gasteiger partial charge in [0.05, 0.1) is 0 Å². The van der Waals surface area contributed by atoms with Gasteiger partial charge >= 0.3 is 0 Å². The molecule has 1 unspecified atom stereocenters. The van der Waals surface area contributed by atoms with Crippen molar-refractivity contribution in [1.29, 1.82) is 0 Å². The van der Waals surface area contributed by atoms with Crippen LogP contribution < -0.4 is 0 Å². The SMILES string of the molecule is CC[C@@H]1C=CC(C)C1. The summed E-state index contributed by atoms with van der Waals surface area (Å²) in [5, 5.41) is 0. The lowest BCUT2D eigenvalue weighted by Crippen LogP contribution is -1.91. The Morgan fingerprint density at radius 2 is 2.25 bits per heavy atom. The standard InChI is InChI=1S/C8H14/c1-3-8-5-4-7(2)6-8/h4-5,7-8H,3,6H2,1-2H3/t7?,8-/m1/s1. The van der Waals surface area contributed by atoms with Gasteiger partial charge in [0.25, 0.3) is 0 Å². The smallest absolute Gasteiger partial charge is 0.0231 e. The molecule has 0 aromatic rings. The summed E-state index contributed by atoms with van der Waals surface area (Å²) in [6.07, 6.45) is 7.39. The van der Waals surface area contributed by atoms with Crippen LogP contribution >= 0.6 is 0 Å². The lowest BCUT2D eigenvalue weighted by atomic mass is 10.0. The number of hydrogen-bond acceptors (Lipinski definition) is 0. The zero-order valence-corrected chi connectivity index (χ0v) is 5.72. The van der Waals surface area contributed by atoms with Crippen LogP contribution in [0.3, 0.4) is 0 Å². The van der Waals surface area contributed by atoms with E-state index < -0.39 is 0 Å². The molecule has 0 spiro atoms. The van der Waals surface area contributed by atoms with E-state index in [-0.39, 0.29) is 0 Å². The summed E-state index contributed by atoms with van der Waals surface area (Å²) in [4.78, 5) is 0. The first-order valence-electron chi connectivity index (χ1n) is 3.51. The van der Waals surface area contributed by atoms with Gasteiger partial charge in [0.2, 0.25) is 0 Å². The molecule has 0 nitrogen and oxygen atoms in total. The molecule has 0 saturated heterocycles. The average Bonchev–Trinajstić information content (AvgIpc) is 2.14. The fourth-order valence-corrected chi connectivity index (χ4v) is 1.28. The second-order valence-electron chi connectivity index (χ2n) is 2.77. The molecular weight excluding hydrogens is 96.1 g/mol. The van der Waals surface area contributed by atoms with Gasteiger partial charge in [0.1, 0.15) is 0 Å². The Morgan fingerprint density at radius 1 is 1.50 bits per heavy atom. The van der Waals surface area contributed by atoms with Gasteiger partial charge in [0.15, 0.2) is 0 Å². The topological polar surface area (TPSA) is 0 Å². The van der Waals surface area contributed by atoms with Gasteiger partial charge in [-0.1, -0.05) is 26.0 Å². The van der Waals surface area contributed by atoms with Crippen LogP contribution in [-0.4, -0.2) is 0 Å². The molecule has 2 atom stereocenters. The van der Waals surface area contributed by atoms with Crippen LogP contribution in [0.15, 0.2) is 12.2 Å². The van der Waals surface area contributed by atoms with E-state index in [0.29, 0.717) is 0 Å². The Balaban J connectivity index is 2.34. The zero-order chi connectivity index (χ0) is 5.98. The minimum absolute atomic E-state index is 0.847. The second kappa shape index (κ2) is 2.34. The molecule has 0 heteroatoms. The van der Waals surface area contributed by atoms with Gasteiger partial charge in [-0.05, 0) is 24.7 Å². The van der Waals surface area contributed by atoms with Crippen molar-refractivity contribution in [1.82, 2.24) is 0 Å². The van der Waals surface area contributed by atoms with Crippen LogP contribution in [0.5, 0.6) is 0 Å². The highest BCUT2D eigenvalue weighted by molar-refractivity contribution is 4.99. The maximum absolute atomic E-state index is 2.35. The van der Waals surface area contributed by atoms with Crippen molar-refractivity contribution in [3.05, 3.63) is 12.2 Å². The summed E-state index contributed by atoms with van der Waals surface area (Å²) >= 11 is 0. The number of allylic oxidation sites excluding steroid dienone is 2. The van der Waals surface area contributed by atoms with Crippen molar-refractivity contribution in [2.75, 3.05) is 0 Å². The number of rotatable bonds is 1. The zero-order valence-electron chi connectivity index (χ0n) is 5.72. The first kappa shape index (κ1) is 5.87. The Morgan fingerprint density at radius 3 is 2.50 bits per heavy atom. The van der Waals surface area contributed by atoms with Crippen molar-refractivity contribution >= 4 is 0 Å². The summed E-state index contributed by atoms with van der Waals surface area (Å²) in [5.41, 5.74) is 0. The molecule has 8 heavy (non-hydrogen) atoms. The third-order valence-electron chi connectivity index (χ3n) is 1.91. The van der Waals surface area contributed by atoms with E-state index in [1.807, 2.05) is 0 Å². The largest absolute Gasteiger partial charge is 0.0854 e. The monoisotopic (exact) mass is 110 g/mol. The van der Waals surface area contributed by atoms with Crippen LogP contribution in [0.4, 0.5) is 0 Å². The maximum atomic E-state index is 2.35. The summed E-state index contributed by atoms with van der Waals surface area (Å²) in [5.74, 6) is 1.74. The molecule has 1 aliphatic rings. The Bertz CT molecular complexity index is 92.2. The molecule has 0 heterocycles. The molecule has 0 radical (unpaired) electrons. The van der Waals surface area contributed by atoms with E-state index in [1.54, 1.807) is 0 Å². The lowest BCUT2D eigenvalue weighted by Gasteiger charge is -2.02. The first-order valence-corrected chi connectivity index (χ1v) is 3.51. The van der Waals surface area contributed by atoms with Crippen LogP contribution in [0.1, 0.15) is 26.7 Å². The van der Waals surface area contributed by atoms with Gasteiger partial charge in [-0.25, -0.2) is 0 Å². The molecule has 0 fully saturated rings. The summed E-state index contributed by atoms with van der Waals surface area (Å²) < 4.78 is 0. The van der Waals surface area contributed by atoms with Crippen molar-refractivity contribution in [3.63, 3.8) is 0 Å². The van der Waals surface area contributed by atoms with Crippen LogP contribution in [-0.2, 0) is 0 Å². The quantitative estimate of drug-likeness (QED) is 0.455. The predicted molar refractivity (Wildman–Crippen MR) is 36.7 cm³/mol. The molecule has 1 aliphatic carbocycles. The summed E-state index contributed by atoms with van der Waals surface area (Å²) in [6, 6.07) is 0. The fourth-order valence-electron chi connectivity index (χ4n) is 1.28. The Kier molecular flexibility index (Phi) is 1.72. The average molecular weight is 110 g/mol. The van der Waals surface area contributed by atoms with Gasteiger partial charge in [-0.3, -0.25) is 0 Å². The molecule has 0 saturated carbocycles. The lowest BCUT2D eigenvalue weighted by molar-refractivity contribution is 0.538.